The predicted octanol–water partition coefficient (Wildman–Crippen LogP) is 2.38. The number of hydrogen-bond donors (Lipinski definition) is 0. The number of hydrogen-bond acceptors (Lipinski definition) is 3. The van der Waals surface area contributed by atoms with Crippen LogP contribution >= 0.6 is 0 Å². The Morgan fingerprint density at radius 1 is 1.41 bits per heavy atom. The summed E-state index contributed by atoms with van der Waals surface area (Å²) in [6.07, 6.45) is 6.64. The maximum absolute atomic E-state index is 5.29. The molecule has 0 atom stereocenters. The Kier molecular flexibility index (Phi) is 3.15. The molecule has 0 fully saturated rings. The van der Waals surface area contributed by atoms with Gasteiger partial charge in [-0.05, 0) is 25.8 Å². The summed E-state index contributed by atoms with van der Waals surface area (Å²) in [4.78, 5) is 8.50. The molecule has 4 heteroatoms. The summed E-state index contributed by atoms with van der Waals surface area (Å²) in [6.45, 7) is 7.11. The lowest BCUT2D eigenvalue weighted by Crippen LogP contribution is -2.31. The second-order valence-electron chi connectivity index (χ2n) is 4.88. The highest BCUT2D eigenvalue weighted by Gasteiger charge is 2.23. The molecule has 0 amide bonds. The van der Waals surface area contributed by atoms with Crippen LogP contribution in [0.25, 0.3) is 11.0 Å². The van der Waals surface area contributed by atoms with Crippen molar-refractivity contribution in [3.8, 4) is 0 Å². The fourth-order valence-electron chi connectivity index (χ4n) is 2.19. The van der Waals surface area contributed by atoms with E-state index in [9.17, 15) is 0 Å². The number of fused-ring (bicyclic) bond motifs is 1. The molecule has 0 bridgehead atoms. The van der Waals surface area contributed by atoms with Crippen LogP contribution < -0.4 is 0 Å². The van der Waals surface area contributed by atoms with E-state index in [1.54, 1.807) is 13.4 Å². The maximum Gasteiger partial charge on any atom is 0.144 e. The summed E-state index contributed by atoms with van der Waals surface area (Å²) in [7, 11) is 1.73. The third-order valence-corrected chi connectivity index (χ3v) is 3.08. The molecule has 0 spiro atoms. The first-order chi connectivity index (χ1) is 8.10. The van der Waals surface area contributed by atoms with Crippen molar-refractivity contribution in [3.05, 3.63) is 24.3 Å². The van der Waals surface area contributed by atoms with Crippen LogP contribution in [-0.2, 0) is 16.7 Å². The molecule has 2 aromatic rings. The van der Waals surface area contributed by atoms with Crippen molar-refractivity contribution in [1.82, 2.24) is 14.5 Å². The number of ether oxygens (including phenoxy) is 1. The Hall–Kier alpha value is -1.42. The molecular weight excluding hydrogens is 214 g/mol. The first-order valence-electron chi connectivity index (χ1n) is 5.89. The minimum Gasteiger partial charge on any atom is -0.382 e. The monoisotopic (exact) mass is 233 g/mol. The van der Waals surface area contributed by atoms with E-state index in [1.165, 1.54) is 5.56 Å². The Bertz CT molecular complexity index is 516. The van der Waals surface area contributed by atoms with Gasteiger partial charge < -0.3 is 9.30 Å². The van der Waals surface area contributed by atoms with Crippen LogP contribution in [0.3, 0.4) is 0 Å². The molecule has 0 aliphatic rings. The summed E-state index contributed by atoms with van der Waals surface area (Å²) in [5, 5.41) is 1.14. The fourth-order valence-corrected chi connectivity index (χ4v) is 2.19. The minimum atomic E-state index is -0.102. The van der Waals surface area contributed by atoms with E-state index in [2.05, 4.69) is 41.5 Å². The summed E-state index contributed by atoms with van der Waals surface area (Å²) in [5.74, 6) is 0. The molecule has 4 nitrogen and oxygen atoms in total. The first-order valence-corrected chi connectivity index (χ1v) is 5.89. The maximum atomic E-state index is 5.29. The van der Waals surface area contributed by atoms with Gasteiger partial charge in [-0.25, -0.2) is 9.97 Å². The molecular formula is C13H19N3O. The van der Waals surface area contributed by atoms with Crippen molar-refractivity contribution >= 4 is 11.0 Å². The zero-order chi connectivity index (χ0) is 12.5. The highest BCUT2D eigenvalue weighted by Crippen LogP contribution is 2.26. The van der Waals surface area contributed by atoms with Gasteiger partial charge in [0.1, 0.15) is 12.0 Å². The molecule has 0 aliphatic heterocycles. The van der Waals surface area contributed by atoms with Gasteiger partial charge in [0.05, 0.1) is 12.1 Å². The van der Waals surface area contributed by atoms with Gasteiger partial charge in [-0.15, -0.1) is 0 Å². The zero-order valence-electron chi connectivity index (χ0n) is 10.9. The Labute approximate surface area is 102 Å². The number of methoxy groups -OCH3 is 1. The molecule has 17 heavy (non-hydrogen) atoms. The van der Waals surface area contributed by atoms with Crippen molar-refractivity contribution in [2.45, 2.75) is 32.7 Å². The second kappa shape index (κ2) is 4.45. The van der Waals surface area contributed by atoms with Gasteiger partial charge in [0.25, 0.3) is 0 Å². The predicted molar refractivity (Wildman–Crippen MR) is 68.1 cm³/mol. The van der Waals surface area contributed by atoms with Crippen LogP contribution in [0.2, 0.25) is 0 Å². The molecule has 2 heterocycles. The molecule has 0 aromatic carbocycles. The molecule has 92 valence electrons. The average Bonchev–Trinajstić information content (AvgIpc) is 2.68. The van der Waals surface area contributed by atoms with E-state index < -0.39 is 0 Å². The van der Waals surface area contributed by atoms with Crippen molar-refractivity contribution in [2.75, 3.05) is 13.7 Å². The minimum absolute atomic E-state index is 0.102. The zero-order valence-corrected chi connectivity index (χ0v) is 10.9. The summed E-state index contributed by atoms with van der Waals surface area (Å²) in [6, 6.07) is 0. The van der Waals surface area contributed by atoms with Crippen LogP contribution in [0, 0.1) is 0 Å². The van der Waals surface area contributed by atoms with Gasteiger partial charge in [0.15, 0.2) is 0 Å². The number of rotatable bonds is 4. The van der Waals surface area contributed by atoms with E-state index in [-0.39, 0.29) is 5.54 Å². The van der Waals surface area contributed by atoms with E-state index >= 15 is 0 Å². The van der Waals surface area contributed by atoms with Crippen LogP contribution in [-0.4, -0.2) is 28.3 Å². The topological polar surface area (TPSA) is 39.9 Å². The van der Waals surface area contributed by atoms with Crippen molar-refractivity contribution in [1.29, 1.82) is 0 Å². The molecule has 0 aliphatic carbocycles. The highest BCUT2D eigenvalue weighted by atomic mass is 16.5. The first kappa shape index (κ1) is 12.0. The van der Waals surface area contributed by atoms with Gasteiger partial charge in [-0.3, -0.25) is 0 Å². The van der Waals surface area contributed by atoms with E-state index in [0.29, 0.717) is 6.61 Å². The van der Waals surface area contributed by atoms with Crippen LogP contribution in [0.15, 0.2) is 18.7 Å². The average molecular weight is 233 g/mol. The van der Waals surface area contributed by atoms with Crippen molar-refractivity contribution in [3.63, 3.8) is 0 Å². The number of nitrogens with zero attached hydrogens (tertiary/aromatic N) is 3. The third-order valence-electron chi connectivity index (χ3n) is 3.08. The summed E-state index contributed by atoms with van der Waals surface area (Å²) >= 11 is 0. The molecule has 2 aromatic heterocycles. The lowest BCUT2D eigenvalue weighted by atomic mass is 10.1. The quantitative estimate of drug-likeness (QED) is 0.814. The molecule has 0 saturated carbocycles. The van der Waals surface area contributed by atoms with E-state index in [0.717, 1.165) is 17.5 Å². The lowest BCUT2D eigenvalue weighted by molar-refractivity contribution is 0.112. The van der Waals surface area contributed by atoms with Gasteiger partial charge in [0.2, 0.25) is 0 Å². The molecule has 2 rings (SSSR count). The summed E-state index contributed by atoms with van der Waals surface area (Å²) < 4.78 is 7.48. The van der Waals surface area contributed by atoms with Crippen molar-refractivity contribution in [2.24, 2.45) is 0 Å². The largest absolute Gasteiger partial charge is 0.382 e. The van der Waals surface area contributed by atoms with Gasteiger partial charge in [-0.2, -0.15) is 0 Å². The van der Waals surface area contributed by atoms with Crippen LogP contribution in [0.5, 0.6) is 0 Å². The Morgan fingerprint density at radius 3 is 2.82 bits per heavy atom. The highest BCUT2D eigenvalue weighted by molar-refractivity contribution is 5.79. The molecule has 0 radical (unpaired) electrons. The van der Waals surface area contributed by atoms with Crippen LogP contribution in [0.4, 0.5) is 0 Å². The molecule has 0 saturated heterocycles. The SMILES string of the molecule is CCc1cn(C(C)(C)COC)c2ncncc12. The standard InChI is InChI=1S/C13H19N3O/c1-5-10-7-16(13(2,3)8-17-4)12-11(10)6-14-9-15-12/h6-7,9H,5,8H2,1-4H3. The fraction of sp³-hybridized carbons (Fsp3) is 0.538. The smallest absolute Gasteiger partial charge is 0.144 e. The molecule has 0 N–H and O–H groups in total. The van der Waals surface area contributed by atoms with Crippen LogP contribution in [0.1, 0.15) is 26.3 Å². The number of aryl methyl sites for hydroxylation is 1. The van der Waals surface area contributed by atoms with E-state index in [4.69, 9.17) is 4.74 Å². The van der Waals surface area contributed by atoms with Crippen molar-refractivity contribution < 1.29 is 4.74 Å². The third kappa shape index (κ3) is 2.05. The number of aromatic nitrogens is 3. The van der Waals surface area contributed by atoms with Gasteiger partial charge in [-0.1, -0.05) is 6.92 Å². The lowest BCUT2D eigenvalue weighted by Gasteiger charge is -2.26. The second-order valence-corrected chi connectivity index (χ2v) is 4.88. The van der Waals surface area contributed by atoms with E-state index in [1.807, 2.05) is 6.20 Å². The normalized spacial score (nSPS) is 12.2. The Balaban J connectivity index is 2.62. The van der Waals surface area contributed by atoms with Gasteiger partial charge in [0, 0.05) is 24.9 Å². The summed E-state index contributed by atoms with van der Waals surface area (Å²) in [5.41, 5.74) is 2.16. The Morgan fingerprint density at radius 2 is 2.18 bits per heavy atom. The van der Waals surface area contributed by atoms with Gasteiger partial charge >= 0.3 is 0 Å². The molecule has 0 unspecified atom stereocenters.